The van der Waals surface area contributed by atoms with Crippen molar-refractivity contribution in [3.63, 3.8) is 0 Å². The molecule has 5 nitrogen and oxygen atoms in total. The maximum atomic E-state index is 11.1. The second-order valence-electron chi connectivity index (χ2n) is 4.05. The Morgan fingerprint density at radius 3 is 2.88 bits per heavy atom. The van der Waals surface area contributed by atoms with Gasteiger partial charge in [-0.05, 0) is 25.0 Å². The molecule has 17 heavy (non-hydrogen) atoms. The maximum absolute atomic E-state index is 11.1. The van der Waals surface area contributed by atoms with Crippen LogP contribution in [0, 0.1) is 0 Å². The lowest BCUT2D eigenvalue weighted by Crippen LogP contribution is -2.48. The van der Waals surface area contributed by atoms with Gasteiger partial charge in [-0.3, -0.25) is 10.1 Å². The number of hydrogen-bond donors (Lipinski definition) is 2. The van der Waals surface area contributed by atoms with Crippen LogP contribution < -0.4 is 10.1 Å². The van der Waals surface area contributed by atoms with Crippen molar-refractivity contribution >= 4 is 5.97 Å². The molecular formula is C12H18N2O3. The van der Waals surface area contributed by atoms with E-state index in [2.05, 4.69) is 10.3 Å². The number of nitrogens with one attached hydrogen (secondary N) is 1. The molecular weight excluding hydrogens is 220 g/mol. The van der Waals surface area contributed by atoms with E-state index in [4.69, 9.17) is 9.84 Å². The molecule has 0 aliphatic carbocycles. The Kier molecular flexibility index (Phi) is 4.45. The van der Waals surface area contributed by atoms with E-state index >= 15 is 0 Å². The van der Waals surface area contributed by atoms with Gasteiger partial charge in [-0.15, -0.1) is 0 Å². The average molecular weight is 238 g/mol. The minimum absolute atomic E-state index is 0.468. The van der Waals surface area contributed by atoms with Crippen molar-refractivity contribution in [2.75, 3.05) is 7.11 Å². The molecule has 0 fully saturated rings. The van der Waals surface area contributed by atoms with Crippen molar-refractivity contribution in [3.05, 3.63) is 23.9 Å². The molecule has 0 radical (unpaired) electrons. The first kappa shape index (κ1) is 13.4. The van der Waals surface area contributed by atoms with Gasteiger partial charge in [-0.2, -0.15) is 0 Å². The molecule has 94 valence electrons. The Bertz CT molecular complexity index is 395. The van der Waals surface area contributed by atoms with Gasteiger partial charge >= 0.3 is 5.97 Å². The fourth-order valence-electron chi connectivity index (χ4n) is 1.32. The van der Waals surface area contributed by atoms with Crippen molar-refractivity contribution in [2.24, 2.45) is 0 Å². The van der Waals surface area contributed by atoms with E-state index in [-0.39, 0.29) is 0 Å². The van der Waals surface area contributed by atoms with Gasteiger partial charge in [0.1, 0.15) is 5.54 Å². The van der Waals surface area contributed by atoms with Crippen LogP contribution in [0.5, 0.6) is 5.88 Å². The second-order valence-corrected chi connectivity index (χ2v) is 4.05. The molecule has 5 heteroatoms. The summed E-state index contributed by atoms with van der Waals surface area (Å²) in [5.41, 5.74) is 0.0361. The summed E-state index contributed by atoms with van der Waals surface area (Å²) in [5, 5.41) is 12.1. The normalized spacial score (nSPS) is 14.1. The highest BCUT2D eigenvalue weighted by Crippen LogP contribution is 2.13. The van der Waals surface area contributed by atoms with Crippen LogP contribution >= 0.6 is 0 Å². The smallest absolute Gasteiger partial charge is 0.323 e. The first-order valence-corrected chi connectivity index (χ1v) is 5.49. The van der Waals surface area contributed by atoms with Crippen LogP contribution in [0.3, 0.4) is 0 Å². The molecule has 0 spiro atoms. The van der Waals surface area contributed by atoms with E-state index in [1.165, 1.54) is 0 Å². The van der Waals surface area contributed by atoms with Crippen LogP contribution in [0.1, 0.15) is 25.8 Å². The number of carboxylic acid groups (broad SMARTS) is 1. The zero-order chi connectivity index (χ0) is 12.9. The van der Waals surface area contributed by atoms with E-state index in [0.717, 1.165) is 5.56 Å². The number of carboxylic acids is 1. The highest BCUT2D eigenvalue weighted by Gasteiger charge is 2.29. The Morgan fingerprint density at radius 1 is 1.65 bits per heavy atom. The summed E-state index contributed by atoms with van der Waals surface area (Å²) >= 11 is 0. The number of methoxy groups -OCH3 is 1. The summed E-state index contributed by atoms with van der Waals surface area (Å²) in [5.74, 6) is -0.321. The minimum atomic E-state index is -0.906. The molecule has 1 aromatic heterocycles. The third kappa shape index (κ3) is 3.42. The van der Waals surface area contributed by atoms with Gasteiger partial charge in [0.05, 0.1) is 7.11 Å². The quantitative estimate of drug-likeness (QED) is 0.784. The molecule has 1 heterocycles. The third-order valence-corrected chi connectivity index (χ3v) is 2.87. The fourth-order valence-corrected chi connectivity index (χ4v) is 1.32. The van der Waals surface area contributed by atoms with E-state index in [1.807, 2.05) is 13.0 Å². The average Bonchev–Trinajstić information content (AvgIpc) is 2.36. The van der Waals surface area contributed by atoms with Gasteiger partial charge in [0.2, 0.25) is 5.88 Å². The second kappa shape index (κ2) is 5.63. The molecule has 1 atom stereocenters. The third-order valence-electron chi connectivity index (χ3n) is 2.87. The van der Waals surface area contributed by atoms with Crippen molar-refractivity contribution in [1.82, 2.24) is 10.3 Å². The lowest BCUT2D eigenvalue weighted by Gasteiger charge is -2.24. The van der Waals surface area contributed by atoms with E-state index in [0.29, 0.717) is 18.8 Å². The number of hydrogen-bond acceptors (Lipinski definition) is 4. The SMILES string of the molecule is CCC(C)(NCc1ccnc(OC)c1)C(=O)O. The van der Waals surface area contributed by atoms with E-state index in [9.17, 15) is 4.79 Å². The topological polar surface area (TPSA) is 71.5 Å². The molecule has 0 aromatic carbocycles. The standard InChI is InChI=1S/C12H18N2O3/c1-4-12(2,11(15)16)14-8-9-5-6-13-10(7-9)17-3/h5-7,14H,4,8H2,1-3H3,(H,15,16). The van der Waals surface area contributed by atoms with Crippen LogP contribution in [-0.4, -0.2) is 28.7 Å². The largest absolute Gasteiger partial charge is 0.481 e. The number of carbonyl (C=O) groups is 1. The van der Waals surface area contributed by atoms with Crippen LogP contribution in [0.4, 0.5) is 0 Å². The zero-order valence-electron chi connectivity index (χ0n) is 10.4. The zero-order valence-corrected chi connectivity index (χ0v) is 10.4. The highest BCUT2D eigenvalue weighted by molar-refractivity contribution is 5.78. The van der Waals surface area contributed by atoms with Crippen LogP contribution in [-0.2, 0) is 11.3 Å². The molecule has 2 N–H and O–H groups in total. The van der Waals surface area contributed by atoms with Gasteiger partial charge in [-0.1, -0.05) is 6.92 Å². The predicted octanol–water partition coefficient (Wildman–Crippen LogP) is 1.43. The summed E-state index contributed by atoms with van der Waals surface area (Å²) < 4.78 is 5.01. The number of ether oxygens (including phenoxy) is 1. The number of pyridine rings is 1. The minimum Gasteiger partial charge on any atom is -0.481 e. The monoisotopic (exact) mass is 238 g/mol. The van der Waals surface area contributed by atoms with Crippen molar-refractivity contribution in [1.29, 1.82) is 0 Å². The molecule has 0 saturated heterocycles. The molecule has 0 aliphatic rings. The summed E-state index contributed by atoms with van der Waals surface area (Å²) in [6.07, 6.45) is 2.16. The van der Waals surface area contributed by atoms with Crippen LogP contribution in [0.25, 0.3) is 0 Å². The molecule has 0 amide bonds. The Hall–Kier alpha value is -1.62. The molecule has 0 bridgehead atoms. The lowest BCUT2D eigenvalue weighted by molar-refractivity contribution is -0.144. The maximum Gasteiger partial charge on any atom is 0.323 e. The first-order chi connectivity index (χ1) is 8.01. The predicted molar refractivity (Wildman–Crippen MR) is 64.0 cm³/mol. The van der Waals surface area contributed by atoms with Gasteiger partial charge in [-0.25, -0.2) is 4.98 Å². The van der Waals surface area contributed by atoms with Gasteiger partial charge in [0.25, 0.3) is 0 Å². The fraction of sp³-hybridized carbons (Fsp3) is 0.500. The highest BCUT2D eigenvalue weighted by atomic mass is 16.5. The number of nitrogens with zero attached hydrogens (tertiary/aromatic N) is 1. The van der Waals surface area contributed by atoms with Crippen molar-refractivity contribution in [2.45, 2.75) is 32.4 Å². The van der Waals surface area contributed by atoms with Gasteiger partial charge in [0.15, 0.2) is 0 Å². The van der Waals surface area contributed by atoms with Gasteiger partial charge in [0, 0.05) is 18.8 Å². The van der Waals surface area contributed by atoms with E-state index in [1.54, 1.807) is 26.3 Å². The Balaban J connectivity index is 2.69. The Morgan fingerprint density at radius 2 is 2.35 bits per heavy atom. The summed E-state index contributed by atoms with van der Waals surface area (Å²) in [6, 6.07) is 3.61. The van der Waals surface area contributed by atoms with Crippen LogP contribution in [0.15, 0.2) is 18.3 Å². The lowest BCUT2D eigenvalue weighted by atomic mass is 9.99. The number of aliphatic carboxylic acids is 1. The summed E-state index contributed by atoms with van der Waals surface area (Å²) in [7, 11) is 1.55. The molecule has 1 unspecified atom stereocenters. The van der Waals surface area contributed by atoms with Gasteiger partial charge < -0.3 is 9.84 Å². The number of aromatic nitrogens is 1. The number of rotatable bonds is 6. The first-order valence-electron chi connectivity index (χ1n) is 5.49. The molecule has 0 aliphatic heterocycles. The molecule has 1 aromatic rings. The molecule has 1 rings (SSSR count). The Labute approximate surface area is 101 Å². The summed E-state index contributed by atoms with van der Waals surface area (Å²) in [4.78, 5) is 15.1. The van der Waals surface area contributed by atoms with Crippen molar-refractivity contribution < 1.29 is 14.6 Å². The summed E-state index contributed by atoms with van der Waals surface area (Å²) in [6.45, 7) is 3.98. The van der Waals surface area contributed by atoms with Crippen LogP contribution in [0.2, 0.25) is 0 Å². The molecule has 0 saturated carbocycles. The van der Waals surface area contributed by atoms with Crippen molar-refractivity contribution in [3.8, 4) is 5.88 Å². The van der Waals surface area contributed by atoms with E-state index < -0.39 is 11.5 Å².